The first kappa shape index (κ1) is 55.7. The highest BCUT2D eigenvalue weighted by Gasteiger charge is 2.27. The maximum atomic E-state index is 13.2. The zero-order valence-electron chi connectivity index (χ0n) is 42.3. The molecule has 0 aliphatic rings. The third-order valence-corrected chi connectivity index (χ3v) is 8.95. The summed E-state index contributed by atoms with van der Waals surface area (Å²) >= 11 is 0. The quantitative estimate of drug-likeness (QED) is 0.0193. The SMILES string of the molecule is CC(C)(C)COC(=O)C(=Cc1ccc(Nc2nc(Nc3ccc(C=C(C(=O)O)C(=O)O)cc3)nc(Nc3ccc(C=C(C(=O)OCC(C)(C)C)C(=O)OCC(C)(C)C)cc3)n2)cc1)C(=O)OCC(C)(C)C. The molecule has 0 bridgehead atoms. The first-order valence-corrected chi connectivity index (χ1v) is 22.6. The Morgan fingerprint density at radius 1 is 0.394 bits per heavy atom. The standard InChI is InChI=1S/C53H64N6O12/c1-50(2,3)28-68-43(64)39(44(65)69-29-51(4,5)6)26-33-15-21-36(22-16-33)55-48-57-47(54-35-19-13-32(14-20-35)25-38(41(60)61)42(62)63)58-49(59-48)56-37-23-17-34(18-24-37)27-40(45(66)70-30-52(7,8)9)46(67)71-31-53(10,11)12/h13-27H,28-31H2,1-12H3,(H,60,61)(H,62,63)(H3,54,55,56,57,58,59). The van der Waals surface area contributed by atoms with Crippen LogP contribution in [0.25, 0.3) is 18.2 Å². The number of hydrogen-bond donors (Lipinski definition) is 5. The second-order valence-electron chi connectivity index (χ2n) is 21.4. The summed E-state index contributed by atoms with van der Waals surface area (Å²) in [7, 11) is 0. The zero-order chi connectivity index (χ0) is 52.9. The van der Waals surface area contributed by atoms with E-state index in [0.29, 0.717) is 33.8 Å². The van der Waals surface area contributed by atoms with Crippen LogP contribution < -0.4 is 16.0 Å². The summed E-state index contributed by atoms with van der Waals surface area (Å²) in [6.07, 6.45) is 3.83. The van der Waals surface area contributed by atoms with Crippen LogP contribution in [-0.2, 0) is 47.7 Å². The predicted octanol–water partition coefficient (Wildman–Crippen LogP) is 9.78. The summed E-state index contributed by atoms with van der Waals surface area (Å²) in [4.78, 5) is 89.3. The van der Waals surface area contributed by atoms with Crippen molar-refractivity contribution >= 4 is 89.0 Å². The fourth-order valence-electron chi connectivity index (χ4n) is 5.48. The molecular formula is C53H64N6O12. The molecule has 0 radical (unpaired) electrons. The molecule has 4 rings (SSSR count). The van der Waals surface area contributed by atoms with Crippen LogP contribution in [0, 0.1) is 21.7 Å². The van der Waals surface area contributed by atoms with Gasteiger partial charge in [-0.15, -0.1) is 0 Å². The van der Waals surface area contributed by atoms with Crippen molar-refractivity contribution in [2.24, 2.45) is 21.7 Å². The van der Waals surface area contributed by atoms with Gasteiger partial charge in [-0.05, 0) is 93.0 Å². The number of anilines is 6. The van der Waals surface area contributed by atoms with Gasteiger partial charge >= 0.3 is 35.8 Å². The molecule has 0 amide bonds. The van der Waals surface area contributed by atoms with Crippen molar-refractivity contribution in [2.75, 3.05) is 42.4 Å². The highest BCUT2D eigenvalue weighted by molar-refractivity contribution is 6.18. The van der Waals surface area contributed by atoms with Crippen LogP contribution in [0.4, 0.5) is 34.9 Å². The number of aromatic nitrogens is 3. The van der Waals surface area contributed by atoms with Gasteiger partial charge < -0.3 is 45.1 Å². The minimum atomic E-state index is -1.59. The molecule has 0 saturated heterocycles. The third-order valence-electron chi connectivity index (χ3n) is 8.95. The number of nitrogens with zero attached hydrogens (tertiary/aromatic N) is 3. The molecule has 1 aromatic heterocycles. The normalized spacial score (nSPS) is 11.5. The minimum Gasteiger partial charge on any atom is -0.477 e. The lowest BCUT2D eigenvalue weighted by Gasteiger charge is -2.20. The molecule has 0 aliphatic heterocycles. The number of hydrogen-bond acceptors (Lipinski definition) is 16. The third kappa shape index (κ3) is 19.9. The van der Waals surface area contributed by atoms with Crippen LogP contribution >= 0.6 is 0 Å². The average molecular weight is 977 g/mol. The molecular weight excluding hydrogens is 913 g/mol. The van der Waals surface area contributed by atoms with E-state index in [0.717, 1.165) is 6.08 Å². The second kappa shape index (κ2) is 23.6. The van der Waals surface area contributed by atoms with E-state index in [2.05, 4.69) is 30.9 Å². The van der Waals surface area contributed by atoms with Crippen molar-refractivity contribution < 1.29 is 57.9 Å². The number of carboxylic acid groups (broad SMARTS) is 2. The van der Waals surface area contributed by atoms with E-state index in [4.69, 9.17) is 18.9 Å². The summed E-state index contributed by atoms with van der Waals surface area (Å²) in [5, 5.41) is 27.9. The van der Waals surface area contributed by atoms with Gasteiger partial charge in [0.1, 0.15) is 16.7 Å². The van der Waals surface area contributed by atoms with Crippen LogP contribution in [-0.4, -0.2) is 87.4 Å². The van der Waals surface area contributed by atoms with E-state index in [1.807, 2.05) is 83.1 Å². The zero-order valence-corrected chi connectivity index (χ0v) is 42.3. The topological polar surface area (TPSA) is 255 Å². The molecule has 0 saturated carbocycles. The molecule has 378 valence electrons. The minimum absolute atomic E-state index is 0.0588. The largest absolute Gasteiger partial charge is 0.477 e. The van der Waals surface area contributed by atoms with E-state index in [1.54, 1.807) is 60.7 Å². The number of esters is 4. The van der Waals surface area contributed by atoms with Crippen molar-refractivity contribution in [1.82, 2.24) is 15.0 Å². The molecule has 0 unspecified atom stereocenters. The van der Waals surface area contributed by atoms with Crippen LogP contribution in [0.2, 0.25) is 0 Å². The Hall–Kier alpha value is -7.89. The average Bonchev–Trinajstić information content (AvgIpc) is 3.26. The van der Waals surface area contributed by atoms with Gasteiger partial charge in [0.15, 0.2) is 0 Å². The summed E-state index contributed by atoms with van der Waals surface area (Å²) in [6, 6.07) is 19.6. The molecule has 0 spiro atoms. The summed E-state index contributed by atoms with van der Waals surface area (Å²) < 4.78 is 21.9. The van der Waals surface area contributed by atoms with Gasteiger partial charge in [0.25, 0.3) is 0 Å². The van der Waals surface area contributed by atoms with E-state index in [9.17, 15) is 39.0 Å². The number of carbonyl (C=O) groups is 6. The molecule has 3 aromatic carbocycles. The monoisotopic (exact) mass is 976 g/mol. The highest BCUT2D eigenvalue weighted by atomic mass is 16.6. The van der Waals surface area contributed by atoms with Gasteiger partial charge in [-0.1, -0.05) is 119 Å². The Morgan fingerprint density at radius 2 is 0.606 bits per heavy atom. The fraction of sp³-hybridized carbons (Fsp3) is 0.377. The van der Waals surface area contributed by atoms with Crippen molar-refractivity contribution in [3.05, 3.63) is 106 Å². The first-order valence-electron chi connectivity index (χ1n) is 22.6. The summed E-state index contributed by atoms with van der Waals surface area (Å²) in [6.45, 7) is 23.1. The number of ether oxygens (including phenoxy) is 4. The number of nitrogens with one attached hydrogen (secondary N) is 3. The number of rotatable bonds is 19. The van der Waals surface area contributed by atoms with Gasteiger partial charge in [-0.25, -0.2) is 28.8 Å². The second-order valence-corrected chi connectivity index (χ2v) is 21.4. The van der Waals surface area contributed by atoms with Crippen molar-refractivity contribution in [2.45, 2.75) is 83.1 Å². The Bertz CT molecular complexity index is 2450. The van der Waals surface area contributed by atoms with Gasteiger partial charge in [-0.3, -0.25) is 0 Å². The Balaban J connectivity index is 1.68. The van der Waals surface area contributed by atoms with Crippen LogP contribution in [0.15, 0.2) is 89.5 Å². The predicted molar refractivity (Wildman–Crippen MR) is 270 cm³/mol. The molecule has 0 fully saturated rings. The van der Waals surface area contributed by atoms with Crippen LogP contribution in [0.3, 0.4) is 0 Å². The molecule has 5 N–H and O–H groups in total. The lowest BCUT2D eigenvalue weighted by atomic mass is 9.98. The van der Waals surface area contributed by atoms with Crippen molar-refractivity contribution in [3.63, 3.8) is 0 Å². The molecule has 0 atom stereocenters. The number of aliphatic carboxylic acids is 2. The van der Waals surface area contributed by atoms with Crippen LogP contribution in [0.5, 0.6) is 0 Å². The van der Waals surface area contributed by atoms with Gasteiger partial charge in [0, 0.05) is 17.1 Å². The fourth-order valence-corrected chi connectivity index (χ4v) is 5.48. The molecule has 18 nitrogen and oxygen atoms in total. The van der Waals surface area contributed by atoms with Gasteiger partial charge in [-0.2, -0.15) is 15.0 Å². The number of carbonyl (C=O) groups excluding carboxylic acids is 4. The Kier molecular flexibility index (Phi) is 18.5. The summed E-state index contributed by atoms with van der Waals surface area (Å²) in [5.41, 5.74) is 0.0795. The lowest BCUT2D eigenvalue weighted by molar-refractivity contribution is -0.151. The van der Waals surface area contributed by atoms with E-state index >= 15 is 0 Å². The van der Waals surface area contributed by atoms with E-state index in [-0.39, 0.29) is 77.1 Å². The smallest absolute Gasteiger partial charge is 0.345 e. The van der Waals surface area contributed by atoms with E-state index < -0.39 is 41.4 Å². The molecule has 1 heterocycles. The van der Waals surface area contributed by atoms with Gasteiger partial charge in [0.05, 0.1) is 26.4 Å². The van der Waals surface area contributed by atoms with Crippen molar-refractivity contribution in [3.8, 4) is 0 Å². The Morgan fingerprint density at radius 3 is 0.803 bits per heavy atom. The maximum absolute atomic E-state index is 13.2. The number of carboxylic acids is 2. The number of benzene rings is 3. The van der Waals surface area contributed by atoms with E-state index in [1.165, 1.54) is 24.3 Å². The Labute approximate surface area is 414 Å². The summed E-state index contributed by atoms with van der Waals surface area (Å²) in [5.74, 6) is -6.22. The maximum Gasteiger partial charge on any atom is 0.345 e. The first-order chi connectivity index (χ1) is 32.9. The van der Waals surface area contributed by atoms with Crippen LogP contribution in [0.1, 0.15) is 99.8 Å². The molecule has 18 heteroatoms. The highest BCUT2D eigenvalue weighted by Crippen LogP contribution is 2.26. The van der Waals surface area contributed by atoms with Gasteiger partial charge in [0.2, 0.25) is 17.8 Å². The molecule has 4 aromatic rings. The van der Waals surface area contributed by atoms with Crippen molar-refractivity contribution in [1.29, 1.82) is 0 Å². The lowest BCUT2D eigenvalue weighted by Crippen LogP contribution is -2.25. The molecule has 71 heavy (non-hydrogen) atoms. The molecule has 0 aliphatic carbocycles.